The lowest BCUT2D eigenvalue weighted by Gasteiger charge is -2.27. The van der Waals surface area contributed by atoms with Crippen LogP contribution in [0.4, 0.5) is 11.4 Å². The van der Waals surface area contributed by atoms with Crippen LogP contribution in [-0.2, 0) is 10.5 Å². The van der Waals surface area contributed by atoms with Crippen LogP contribution >= 0.6 is 0 Å². The molecule has 0 saturated heterocycles. The highest BCUT2D eigenvalue weighted by Crippen LogP contribution is 2.44. The number of para-hydroxylation sites is 1. The molecule has 0 aromatic heterocycles. The van der Waals surface area contributed by atoms with E-state index in [0.29, 0.717) is 19.1 Å². The van der Waals surface area contributed by atoms with Crippen LogP contribution in [0.2, 0.25) is 0 Å². The smallest absolute Gasteiger partial charge is 0.282 e. The molecule has 28 heavy (non-hydrogen) atoms. The summed E-state index contributed by atoms with van der Waals surface area (Å²) < 4.78 is 5.46. The van der Waals surface area contributed by atoms with Crippen LogP contribution in [-0.4, -0.2) is 31.0 Å². The summed E-state index contributed by atoms with van der Waals surface area (Å²) in [4.78, 5) is 23.9. The van der Waals surface area contributed by atoms with Crippen molar-refractivity contribution >= 4 is 29.2 Å². The molecule has 2 aromatic carbocycles. The minimum atomic E-state index is -1.41. The molecular formula is C20H22N6O2. The van der Waals surface area contributed by atoms with Crippen molar-refractivity contribution in [3.63, 3.8) is 0 Å². The van der Waals surface area contributed by atoms with Crippen molar-refractivity contribution in [1.29, 1.82) is 0 Å². The van der Waals surface area contributed by atoms with Crippen LogP contribution in [0, 0.1) is 0 Å². The van der Waals surface area contributed by atoms with E-state index in [9.17, 15) is 4.79 Å². The Bertz CT molecular complexity index is 969. The molecule has 1 unspecified atom stereocenters. The molecule has 1 spiro atoms. The third-order valence-corrected chi connectivity index (χ3v) is 4.66. The summed E-state index contributed by atoms with van der Waals surface area (Å²) in [6, 6.07) is 15.0. The number of hydrogen-bond acceptors (Lipinski definition) is 7. The van der Waals surface area contributed by atoms with Gasteiger partial charge in [-0.3, -0.25) is 10.1 Å². The fraction of sp³-hybridized carbons (Fsp3) is 0.250. The second-order valence-corrected chi connectivity index (χ2v) is 6.40. The first-order chi connectivity index (χ1) is 13.6. The van der Waals surface area contributed by atoms with Gasteiger partial charge in [0.25, 0.3) is 11.6 Å². The van der Waals surface area contributed by atoms with E-state index in [1.54, 1.807) is 4.90 Å². The number of fused-ring (bicyclic) bond motifs is 2. The first kappa shape index (κ1) is 17.8. The lowest BCUT2D eigenvalue weighted by molar-refractivity contribution is -0.122. The number of nitrogens with zero attached hydrogens (tertiary/aromatic N) is 3. The number of benzene rings is 2. The van der Waals surface area contributed by atoms with Crippen LogP contribution in [0.3, 0.4) is 0 Å². The Hall–Kier alpha value is -3.55. The zero-order valence-electron chi connectivity index (χ0n) is 15.8. The van der Waals surface area contributed by atoms with E-state index in [2.05, 4.69) is 20.6 Å². The molecule has 8 nitrogen and oxygen atoms in total. The number of carbonyl (C=O) groups is 1. The number of aliphatic imine (C=N–C) groups is 2. The number of rotatable bonds is 4. The Morgan fingerprint density at radius 1 is 1.14 bits per heavy atom. The van der Waals surface area contributed by atoms with E-state index in [1.807, 2.05) is 62.4 Å². The van der Waals surface area contributed by atoms with Gasteiger partial charge >= 0.3 is 0 Å². The van der Waals surface area contributed by atoms with Crippen molar-refractivity contribution in [2.45, 2.75) is 19.5 Å². The van der Waals surface area contributed by atoms with E-state index in [0.717, 1.165) is 22.7 Å². The second-order valence-electron chi connectivity index (χ2n) is 6.40. The van der Waals surface area contributed by atoms with Crippen LogP contribution in [0.1, 0.15) is 19.4 Å². The molecule has 2 aliphatic rings. The van der Waals surface area contributed by atoms with Crippen molar-refractivity contribution in [3.8, 4) is 5.75 Å². The van der Waals surface area contributed by atoms with Gasteiger partial charge in [0.15, 0.2) is 5.96 Å². The molecule has 4 N–H and O–H groups in total. The van der Waals surface area contributed by atoms with Crippen LogP contribution in [0.5, 0.6) is 5.75 Å². The quantitative estimate of drug-likeness (QED) is 0.755. The highest BCUT2D eigenvalue weighted by atomic mass is 16.5. The van der Waals surface area contributed by atoms with Crippen molar-refractivity contribution in [1.82, 2.24) is 5.32 Å². The number of guanidine groups is 2. The van der Waals surface area contributed by atoms with Crippen LogP contribution in [0.15, 0.2) is 58.5 Å². The Balaban J connectivity index is 1.71. The maximum absolute atomic E-state index is 13.2. The molecule has 2 aliphatic heterocycles. The minimum Gasteiger partial charge on any atom is -0.494 e. The van der Waals surface area contributed by atoms with Gasteiger partial charge in [-0.2, -0.15) is 0 Å². The van der Waals surface area contributed by atoms with Crippen molar-refractivity contribution < 1.29 is 9.53 Å². The van der Waals surface area contributed by atoms with Gasteiger partial charge in [0.05, 0.1) is 12.3 Å². The van der Waals surface area contributed by atoms with Crippen molar-refractivity contribution in [2.24, 2.45) is 15.7 Å². The molecule has 0 saturated carbocycles. The SMILES string of the molecule is CCOc1ccc(NC2=NC3(N=C(N)N2)C(=O)N(CC)c2ccccc23)cc1. The molecule has 144 valence electrons. The number of amides is 1. The number of hydrogen-bond donors (Lipinski definition) is 3. The maximum atomic E-state index is 13.2. The number of likely N-dealkylation sites (N-methyl/N-ethyl adjacent to an activating group) is 1. The van der Waals surface area contributed by atoms with E-state index in [4.69, 9.17) is 10.5 Å². The highest BCUT2D eigenvalue weighted by molar-refractivity contribution is 6.14. The molecule has 1 atom stereocenters. The zero-order chi connectivity index (χ0) is 19.7. The Morgan fingerprint density at radius 2 is 1.89 bits per heavy atom. The minimum absolute atomic E-state index is 0.129. The number of carbonyl (C=O) groups excluding carboxylic acids is 1. The summed E-state index contributed by atoms with van der Waals surface area (Å²) in [7, 11) is 0. The van der Waals surface area contributed by atoms with Crippen molar-refractivity contribution in [2.75, 3.05) is 23.4 Å². The molecule has 4 rings (SSSR count). The van der Waals surface area contributed by atoms with Gasteiger partial charge in [0, 0.05) is 17.8 Å². The molecule has 0 radical (unpaired) electrons. The Morgan fingerprint density at radius 3 is 2.61 bits per heavy atom. The third kappa shape index (κ3) is 2.83. The molecule has 0 fully saturated rings. The van der Waals surface area contributed by atoms with E-state index < -0.39 is 5.66 Å². The van der Waals surface area contributed by atoms with Gasteiger partial charge in [-0.25, -0.2) is 9.98 Å². The van der Waals surface area contributed by atoms with Gasteiger partial charge in [-0.1, -0.05) is 18.2 Å². The molecule has 2 heterocycles. The van der Waals surface area contributed by atoms with Crippen LogP contribution in [0.25, 0.3) is 0 Å². The molecule has 0 aliphatic carbocycles. The number of nitrogens with two attached hydrogens (primary N) is 1. The third-order valence-electron chi connectivity index (χ3n) is 4.66. The standard InChI is InChI=1S/C20H22N6O2/c1-3-26-16-8-6-5-7-15(16)20(17(26)27)24-18(21)23-19(25-20)22-13-9-11-14(12-10-13)28-4-2/h5-12H,3-4H2,1-2H3,(H4,21,22,23,24,25). The van der Waals surface area contributed by atoms with Gasteiger partial charge in [0.1, 0.15) is 5.75 Å². The first-order valence-corrected chi connectivity index (χ1v) is 9.21. The molecular weight excluding hydrogens is 356 g/mol. The summed E-state index contributed by atoms with van der Waals surface area (Å²) in [6.07, 6.45) is 0. The van der Waals surface area contributed by atoms with Gasteiger partial charge in [-0.15, -0.1) is 0 Å². The fourth-order valence-electron chi connectivity index (χ4n) is 3.48. The normalized spacial score (nSPS) is 20.4. The number of anilines is 2. The predicted octanol–water partition coefficient (Wildman–Crippen LogP) is 1.99. The number of ether oxygens (including phenoxy) is 1. The monoisotopic (exact) mass is 378 g/mol. The average molecular weight is 378 g/mol. The topological polar surface area (TPSA) is 104 Å². The summed E-state index contributed by atoms with van der Waals surface area (Å²) in [5.41, 5.74) is 6.93. The van der Waals surface area contributed by atoms with Crippen molar-refractivity contribution in [3.05, 3.63) is 54.1 Å². The Kier molecular flexibility index (Phi) is 4.38. The summed E-state index contributed by atoms with van der Waals surface area (Å²) in [5, 5.41) is 6.07. The van der Waals surface area contributed by atoms with E-state index >= 15 is 0 Å². The van der Waals surface area contributed by atoms with Gasteiger partial charge in [0.2, 0.25) is 5.96 Å². The molecule has 0 bridgehead atoms. The highest BCUT2D eigenvalue weighted by Gasteiger charge is 2.52. The maximum Gasteiger partial charge on any atom is 0.282 e. The molecule has 2 aromatic rings. The first-order valence-electron chi connectivity index (χ1n) is 9.21. The molecule has 8 heteroatoms. The predicted molar refractivity (Wildman–Crippen MR) is 110 cm³/mol. The lowest BCUT2D eigenvalue weighted by atomic mass is 10.0. The summed E-state index contributed by atoms with van der Waals surface area (Å²) >= 11 is 0. The molecule has 1 amide bonds. The summed E-state index contributed by atoms with van der Waals surface area (Å²) in [6.45, 7) is 4.98. The van der Waals surface area contributed by atoms with E-state index in [1.165, 1.54) is 0 Å². The zero-order valence-corrected chi connectivity index (χ0v) is 15.8. The van der Waals surface area contributed by atoms with Crippen LogP contribution < -0.4 is 26.0 Å². The van der Waals surface area contributed by atoms with Gasteiger partial charge < -0.3 is 20.7 Å². The summed E-state index contributed by atoms with van der Waals surface area (Å²) in [5.74, 6) is 1.05. The Labute approximate surface area is 163 Å². The fourth-order valence-corrected chi connectivity index (χ4v) is 3.48. The van der Waals surface area contributed by atoms with Gasteiger partial charge in [-0.05, 0) is 44.2 Å². The second kappa shape index (κ2) is 6.88. The largest absolute Gasteiger partial charge is 0.494 e. The lowest BCUT2D eigenvalue weighted by Crippen LogP contribution is -2.51. The number of nitrogens with one attached hydrogen (secondary N) is 2. The van der Waals surface area contributed by atoms with E-state index in [-0.39, 0.29) is 11.9 Å². The average Bonchev–Trinajstić information content (AvgIpc) is 2.91.